The number of nitrogens with zero attached hydrogens (tertiary/aromatic N) is 3. The van der Waals surface area contributed by atoms with Gasteiger partial charge in [-0.25, -0.2) is 0 Å². The molecule has 0 unspecified atom stereocenters. The number of rotatable bonds is 7. The number of hydrogen-bond acceptors (Lipinski definition) is 6. The van der Waals surface area contributed by atoms with Gasteiger partial charge in [-0.05, 0) is 30.0 Å². The first kappa shape index (κ1) is 17.2. The number of para-hydroxylation sites is 1. The Labute approximate surface area is 150 Å². The summed E-state index contributed by atoms with van der Waals surface area (Å²) in [5, 5.41) is 5.83. The summed E-state index contributed by atoms with van der Waals surface area (Å²) in [6.45, 7) is 2.73. The van der Waals surface area contributed by atoms with Gasteiger partial charge < -0.3 is 14.2 Å². The summed E-state index contributed by atoms with van der Waals surface area (Å²) in [6, 6.07) is 11.4. The fourth-order valence-electron chi connectivity index (χ4n) is 2.27. The molecule has 0 aliphatic rings. The van der Waals surface area contributed by atoms with Crippen LogP contribution in [-0.4, -0.2) is 34.5 Å². The molecule has 2 heterocycles. The van der Waals surface area contributed by atoms with E-state index < -0.39 is 0 Å². The lowest BCUT2D eigenvalue weighted by molar-refractivity contribution is 0.0800. The Morgan fingerprint density at radius 3 is 2.88 bits per heavy atom. The molecule has 3 rings (SSSR count). The van der Waals surface area contributed by atoms with E-state index in [1.165, 1.54) is 11.3 Å². The average molecular weight is 357 g/mol. The highest BCUT2D eigenvalue weighted by Gasteiger charge is 2.14. The highest BCUT2D eigenvalue weighted by Crippen LogP contribution is 2.17. The maximum absolute atomic E-state index is 12.2. The van der Waals surface area contributed by atoms with Crippen molar-refractivity contribution in [1.82, 2.24) is 15.0 Å². The Morgan fingerprint density at radius 1 is 1.28 bits per heavy atom. The summed E-state index contributed by atoms with van der Waals surface area (Å²) in [7, 11) is 1.77. The average Bonchev–Trinajstić information content (AvgIpc) is 3.30. The largest absolute Gasteiger partial charge is 0.483 e. The van der Waals surface area contributed by atoms with E-state index in [4.69, 9.17) is 9.26 Å². The van der Waals surface area contributed by atoms with E-state index in [1.54, 1.807) is 11.9 Å². The minimum atomic E-state index is 0.00149. The SMILES string of the molecule is Cc1ccccc1OCc1nc(CCN(C)C(=O)c2cccs2)no1. The minimum Gasteiger partial charge on any atom is -0.483 e. The van der Waals surface area contributed by atoms with Gasteiger partial charge in [0, 0.05) is 20.0 Å². The number of carbonyl (C=O) groups excluding carboxylic acids is 1. The summed E-state index contributed by atoms with van der Waals surface area (Å²) in [5.41, 5.74) is 1.05. The molecule has 0 fully saturated rings. The molecule has 7 heteroatoms. The van der Waals surface area contributed by atoms with Crippen molar-refractivity contribution in [3.05, 3.63) is 63.9 Å². The van der Waals surface area contributed by atoms with Crippen molar-refractivity contribution in [2.45, 2.75) is 20.0 Å². The first-order valence-corrected chi connectivity index (χ1v) is 8.80. The molecule has 0 saturated carbocycles. The summed E-state index contributed by atoms with van der Waals surface area (Å²) < 4.78 is 10.9. The van der Waals surface area contributed by atoms with Crippen LogP contribution >= 0.6 is 11.3 Å². The van der Waals surface area contributed by atoms with Crippen molar-refractivity contribution >= 4 is 17.2 Å². The van der Waals surface area contributed by atoms with Crippen LogP contribution in [0.3, 0.4) is 0 Å². The Hall–Kier alpha value is -2.67. The van der Waals surface area contributed by atoms with Crippen LogP contribution in [0.2, 0.25) is 0 Å². The second-order valence-corrected chi connectivity index (χ2v) is 6.56. The third-order valence-electron chi connectivity index (χ3n) is 3.70. The maximum atomic E-state index is 12.2. The van der Waals surface area contributed by atoms with Crippen LogP contribution in [0.1, 0.15) is 27.0 Å². The molecule has 0 saturated heterocycles. The van der Waals surface area contributed by atoms with Crippen LogP contribution in [0.4, 0.5) is 0 Å². The van der Waals surface area contributed by atoms with E-state index in [-0.39, 0.29) is 12.5 Å². The molecule has 0 radical (unpaired) electrons. The lowest BCUT2D eigenvalue weighted by Gasteiger charge is -2.14. The van der Waals surface area contributed by atoms with Crippen molar-refractivity contribution in [3.8, 4) is 5.75 Å². The molecule has 0 aliphatic heterocycles. The van der Waals surface area contributed by atoms with Crippen molar-refractivity contribution in [2.24, 2.45) is 0 Å². The van der Waals surface area contributed by atoms with E-state index in [1.807, 2.05) is 48.7 Å². The number of likely N-dealkylation sites (N-methyl/N-ethyl adjacent to an activating group) is 1. The second kappa shape index (κ2) is 7.94. The van der Waals surface area contributed by atoms with Gasteiger partial charge in [-0.2, -0.15) is 4.98 Å². The topological polar surface area (TPSA) is 68.5 Å². The molecule has 0 atom stereocenters. The standard InChI is InChI=1S/C18H19N3O3S/c1-13-6-3-4-7-14(13)23-12-17-19-16(20-24-17)9-10-21(2)18(22)15-8-5-11-25-15/h3-8,11H,9-10,12H2,1-2H3. The molecule has 0 N–H and O–H groups in total. The molecule has 0 bridgehead atoms. The normalized spacial score (nSPS) is 10.6. The summed E-state index contributed by atoms with van der Waals surface area (Å²) in [5.74, 6) is 1.78. The van der Waals surface area contributed by atoms with Gasteiger partial charge in [0.1, 0.15) is 5.75 Å². The first-order chi connectivity index (χ1) is 12.1. The molecular weight excluding hydrogens is 338 g/mol. The highest BCUT2D eigenvalue weighted by molar-refractivity contribution is 7.12. The van der Waals surface area contributed by atoms with E-state index in [0.29, 0.717) is 24.7 Å². The fourth-order valence-corrected chi connectivity index (χ4v) is 2.98. The quantitative estimate of drug-likeness (QED) is 0.649. The number of thiophene rings is 1. The van der Waals surface area contributed by atoms with E-state index in [0.717, 1.165) is 16.2 Å². The third-order valence-corrected chi connectivity index (χ3v) is 4.56. The smallest absolute Gasteiger partial charge is 0.264 e. The number of aromatic nitrogens is 2. The maximum Gasteiger partial charge on any atom is 0.264 e. The Morgan fingerprint density at radius 2 is 2.12 bits per heavy atom. The van der Waals surface area contributed by atoms with Gasteiger partial charge in [-0.3, -0.25) is 4.79 Å². The zero-order valence-electron chi connectivity index (χ0n) is 14.1. The molecule has 25 heavy (non-hydrogen) atoms. The van der Waals surface area contributed by atoms with Gasteiger partial charge in [0.2, 0.25) is 0 Å². The van der Waals surface area contributed by atoms with Crippen LogP contribution in [0.15, 0.2) is 46.3 Å². The van der Waals surface area contributed by atoms with Gasteiger partial charge in [0.05, 0.1) is 4.88 Å². The number of ether oxygens (including phenoxy) is 1. The van der Waals surface area contributed by atoms with Crippen LogP contribution in [-0.2, 0) is 13.0 Å². The number of carbonyl (C=O) groups is 1. The molecule has 1 aromatic carbocycles. The van der Waals surface area contributed by atoms with E-state index >= 15 is 0 Å². The predicted octanol–water partition coefficient (Wildman–Crippen LogP) is 3.33. The monoisotopic (exact) mass is 357 g/mol. The van der Waals surface area contributed by atoms with Gasteiger partial charge >= 0.3 is 0 Å². The predicted molar refractivity (Wildman–Crippen MR) is 94.8 cm³/mol. The Bertz CT molecular complexity index is 830. The van der Waals surface area contributed by atoms with Crippen LogP contribution in [0, 0.1) is 6.92 Å². The van der Waals surface area contributed by atoms with Crippen molar-refractivity contribution in [2.75, 3.05) is 13.6 Å². The van der Waals surface area contributed by atoms with Gasteiger partial charge in [-0.15, -0.1) is 11.3 Å². The number of hydrogen-bond donors (Lipinski definition) is 0. The Balaban J connectivity index is 1.50. The highest BCUT2D eigenvalue weighted by atomic mass is 32.1. The lowest BCUT2D eigenvalue weighted by Crippen LogP contribution is -2.28. The lowest BCUT2D eigenvalue weighted by atomic mass is 10.2. The summed E-state index contributed by atoms with van der Waals surface area (Å²) >= 11 is 1.43. The zero-order valence-corrected chi connectivity index (χ0v) is 15.0. The zero-order chi connectivity index (χ0) is 17.6. The van der Waals surface area contributed by atoms with Crippen LogP contribution < -0.4 is 4.74 Å². The minimum absolute atomic E-state index is 0.00149. The number of aryl methyl sites for hydroxylation is 1. The molecule has 0 spiro atoms. The molecule has 130 valence electrons. The van der Waals surface area contributed by atoms with E-state index in [2.05, 4.69) is 10.1 Å². The van der Waals surface area contributed by atoms with Crippen LogP contribution in [0.25, 0.3) is 0 Å². The molecular formula is C18H19N3O3S. The third kappa shape index (κ3) is 4.45. The Kier molecular flexibility index (Phi) is 5.45. The van der Waals surface area contributed by atoms with Crippen LogP contribution in [0.5, 0.6) is 5.75 Å². The molecule has 2 aromatic heterocycles. The van der Waals surface area contributed by atoms with Gasteiger partial charge in [-0.1, -0.05) is 29.4 Å². The molecule has 3 aromatic rings. The summed E-state index contributed by atoms with van der Waals surface area (Å²) in [6.07, 6.45) is 0.529. The molecule has 0 aliphatic carbocycles. The van der Waals surface area contributed by atoms with E-state index in [9.17, 15) is 4.79 Å². The van der Waals surface area contributed by atoms with Crippen molar-refractivity contribution in [1.29, 1.82) is 0 Å². The number of amides is 1. The van der Waals surface area contributed by atoms with Crippen molar-refractivity contribution < 1.29 is 14.1 Å². The second-order valence-electron chi connectivity index (χ2n) is 5.61. The molecule has 6 nitrogen and oxygen atoms in total. The van der Waals surface area contributed by atoms with Gasteiger partial charge in [0.25, 0.3) is 11.8 Å². The molecule has 1 amide bonds. The summed E-state index contributed by atoms with van der Waals surface area (Å²) in [4.78, 5) is 18.9. The fraction of sp³-hybridized carbons (Fsp3) is 0.278. The van der Waals surface area contributed by atoms with Gasteiger partial charge in [0.15, 0.2) is 12.4 Å². The first-order valence-electron chi connectivity index (χ1n) is 7.92. The number of benzene rings is 1. The van der Waals surface area contributed by atoms with Crippen molar-refractivity contribution in [3.63, 3.8) is 0 Å².